The van der Waals surface area contributed by atoms with Crippen LogP contribution in [0.2, 0.25) is 0 Å². The minimum Gasteiger partial charge on any atom is -0.491 e. The fourth-order valence-electron chi connectivity index (χ4n) is 5.37. The van der Waals surface area contributed by atoms with E-state index in [0.717, 1.165) is 81.6 Å². The van der Waals surface area contributed by atoms with E-state index < -0.39 is 0 Å². The number of anilines is 2. The highest BCUT2D eigenvalue weighted by Crippen LogP contribution is 2.36. The van der Waals surface area contributed by atoms with Crippen LogP contribution >= 0.6 is 11.3 Å². The van der Waals surface area contributed by atoms with Crippen molar-refractivity contribution in [1.82, 2.24) is 5.32 Å². The van der Waals surface area contributed by atoms with Crippen molar-refractivity contribution in [3.63, 3.8) is 0 Å². The van der Waals surface area contributed by atoms with Gasteiger partial charge in [-0.15, -0.1) is 11.3 Å². The lowest BCUT2D eigenvalue weighted by atomic mass is 10.1. The summed E-state index contributed by atoms with van der Waals surface area (Å²) >= 11 is 1.66. The molecular formula is C28H36N4O2S. The van der Waals surface area contributed by atoms with Crippen molar-refractivity contribution in [3.05, 3.63) is 53.4 Å². The molecular weight excluding hydrogens is 456 g/mol. The van der Waals surface area contributed by atoms with Crippen molar-refractivity contribution >= 4 is 38.8 Å². The molecule has 186 valence electrons. The molecule has 1 atom stereocenters. The molecule has 1 saturated heterocycles. The maximum absolute atomic E-state index is 12.2. The fraction of sp³-hybridized carbons (Fsp3) is 0.464. The van der Waals surface area contributed by atoms with E-state index in [9.17, 15) is 4.79 Å². The summed E-state index contributed by atoms with van der Waals surface area (Å²) in [6.07, 6.45) is 7.67. The third kappa shape index (κ3) is 5.57. The molecule has 2 amide bonds. The van der Waals surface area contributed by atoms with Crippen LogP contribution < -0.4 is 25.6 Å². The van der Waals surface area contributed by atoms with Crippen molar-refractivity contribution in [2.45, 2.75) is 51.0 Å². The van der Waals surface area contributed by atoms with Gasteiger partial charge in [0.25, 0.3) is 0 Å². The number of para-hydroxylation sites is 1. The van der Waals surface area contributed by atoms with Gasteiger partial charge in [0.2, 0.25) is 0 Å². The largest absolute Gasteiger partial charge is 0.491 e. The zero-order valence-electron chi connectivity index (χ0n) is 20.4. The number of fused-ring (bicyclic) bond motifs is 2. The zero-order valence-corrected chi connectivity index (χ0v) is 21.2. The summed E-state index contributed by atoms with van der Waals surface area (Å²) in [6, 6.07) is 14.9. The Labute approximate surface area is 212 Å². The molecule has 1 unspecified atom stereocenters. The monoisotopic (exact) mass is 492 g/mol. The van der Waals surface area contributed by atoms with E-state index in [1.807, 2.05) is 17.5 Å². The summed E-state index contributed by atoms with van der Waals surface area (Å²) < 4.78 is 7.36. The van der Waals surface area contributed by atoms with Crippen LogP contribution in [-0.2, 0) is 6.42 Å². The lowest BCUT2D eigenvalue weighted by Crippen LogP contribution is -2.36. The van der Waals surface area contributed by atoms with E-state index >= 15 is 0 Å². The van der Waals surface area contributed by atoms with Gasteiger partial charge in [0.15, 0.2) is 0 Å². The number of aryl methyl sites for hydroxylation is 1. The number of rotatable bonds is 7. The van der Waals surface area contributed by atoms with Gasteiger partial charge in [-0.2, -0.15) is 0 Å². The SMILES string of the molecule is NC(=O)N(CCCCC1CCN(c2cccc3c2OCCCC3)CCN1)c1csc2ccccc12. The summed E-state index contributed by atoms with van der Waals surface area (Å²) in [6.45, 7) is 4.48. The number of amides is 2. The van der Waals surface area contributed by atoms with Gasteiger partial charge < -0.3 is 20.7 Å². The molecule has 0 aliphatic carbocycles. The number of hydrogen-bond donors (Lipinski definition) is 2. The molecule has 0 radical (unpaired) electrons. The standard InChI is InChI=1S/C28H36N4O2S/c29-28(33)32(25-20-35-26-13-2-1-11-23(25)26)16-5-3-10-22-14-17-31(18-15-30-22)24-12-7-9-21-8-4-6-19-34-27(21)24/h1-2,7,9,11-13,20,22,30H,3-6,8,10,14-19H2,(H2,29,33). The third-order valence-corrected chi connectivity index (χ3v) is 8.22. The molecule has 2 aliphatic rings. The molecule has 3 N–H and O–H groups in total. The quantitative estimate of drug-likeness (QED) is 0.425. The van der Waals surface area contributed by atoms with Crippen molar-refractivity contribution < 1.29 is 9.53 Å². The average Bonchev–Trinajstić information content (AvgIpc) is 3.02. The van der Waals surface area contributed by atoms with E-state index in [1.165, 1.54) is 22.4 Å². The molecule has 3 aromatic rings. The normalized spacial score (nSPS) is 18.4. The fourth-order valence-corrected chi connectivity index (χ4v) is 6.32. The second kappa shape index (κ2) is 11.3. The number of unbranched alkanes of at least 4 members (excludes halogenated alkanes) is 1. The number of hydrogen-bond acceptors (Lipinski definition) is 5. The number of nitrogens with one attached hydrogen (secondary N) is 1. The lowest BCUT2D eigenvalue weighted by molar-refractivity contribution is 0.254. The van der Waals surface area contributed by atoms with Crippen LogP contribution in [0.15, 0.2) is 47.8 Å². The minimum atomic E-state index is -0.374. The van der Waals surface area contributed by atoms with Crippen LogP contribution in [0.25, 0.3) is 10.1 Å². The second-order valence-corrected chi connectivity index (χ2v) is 10.5. The number of nitrogens with two attached hydrogens (primary N) is 1. The number of benzene rings is 2. The number of carbonyl (C=O) groups is 1. The Morgan fingerprint density at radius 1 is 1.14 bits per heavy atom. The van der Waals surface area contributed by atoms with Gasteiger partial charge in [-0.3, -0.25) is 4.90 Å². The Hall–Kier alpha value is -2.77. The van der Waals surface area contributed by atoms with Gasteiger partial charge in [0.1, 0.15) is 5.75 Å². The number of ether oxygens (including phenoxy) is 1. The van der Waals surface area contributed by atoms with E-state index in [4.69, 9.17) is 10.5 Å². The Morgan fingerprint density at radius 3 is 2.97 bits per heavy atom. The van der Waals surface area contributed by atoms with E-state index in [2.05, 4.69) is 40.5 Å². The lowest BCUT2D eigenvalue weighted by Gasteiger charge is -2.26. The molecule has 3 heterocycles. The number of carbonyl (C=O) groups excluding carboxylic acids is 1. The van der Waals surface area contributed by atoms with E-state index in [-0.39, 0.29) is 6.03 Å². The topological polar surface area (TPSA) is 70.8 Å². The van der Waals surface area contributed by atoms with E-state index in [0.29, 0.717) is 12.6 Å². The summed E-state index contributed by atoms with van der Waals surface area (Å²) in [4.78, 5) is 16.4. The summed E-state index contributed by atoms with van der Waals surface area (Å²) in [7, 11) is 0. The molecule has 0 spiro atoms. The Kier molecular flexibility index (Phi) is 7.74. The molecule has 0 saturated carbocycles. The van der Waals surface area contributed by atoms with Crippen LogP contribution in [0.1, 0.15) is 44.1 Å². The van der Waals surface area contributed by atoms with Crippen LogP contribution in [0.3, 0.4) is 0 Å². The first-order chi connectivity index (χ1) is 17.2. The zero-order chi connectivity index (χ0) is 24.0. The van der Waals surface area contributed by atoms with Crippen LogP contribution in [0, 0.1) is 0 Å². The first-order valence-corrected chi connectivity index (χ1v) is 13.8. The van der Waals surface area contributed by atoms with Crippen LogP contribution in [0.4, 0.5) is 16.2 Å². The highest BCUT2D eigenvalue weighted by molar-refractivity contribution is 7.17. The first kappa shape index (κ1) is 23.9. The highest BCUT2D eigenvalue weighted by Gasteiger charge is 2.22. The summed E-state index contributed by atoms with van der Waals surface area (Å²) in [5.41, 5.74) is 9.30. The predicted molar refractivity (Wildman–Crippen MR) is 146 cm³/mol. The Balaban J connectivity index is 1.14. The first-order valence-electron chi connectivity index (χ1n) is 13.0. The summed E-state index contributed by atoms with van der Waals surface area (Å²) in [5.74, 6) is 1.11. The van der Waals surface area contributed by atoms with Crippen molar-refractivity contribution in [3.8, 4) is 5.75 Å². The van der Waals surface area contributed by atoms with Gasteiger partial charge in [0.05, 0.1) is 18.0 Å². The average molecular weight is 493 g/mol. The number of urea groups is 1. The van der Waals surface area contributed by atoms with Crippen LogP contribution in [0.5, 0.6) is 5.75 Å². The molecule has 0 bridgehead atoms. The molecule has 35 heavy (non-hydrogen) atoms. The van der Waals surface area contributed by atoms with Crippen molar-refractivity contribution in [2.24, 2.45) is 5.73 Å². The Morgan fingerprint density at radius 2 is 2.06 bits per heavy atom. The molecule has 6 nitrogen and oxygen atoms in total. The number of primary amides is 1. The maximum Gasteiger partial charge on any atom is 0.319 e. The van der Waals surface area contributed by atoms with Gasteiger partial charge in [-0.1, -0.05) is 36.8 Å². The Bertz CT molecular complexity index is 1150. The predicted octanol–water partition coefficient (Wildman–Crippen LogP) is 5.54. The van der Waals surface area contributed by atoms with Gasteiger partial charge in [-0.25, -0.2) is 4.79 Å². The molecule has 1 fully saturated rings. The summed E-state index contributed by atoms with van der Waals surface area (Å²) in [5, 5.41) is 6.90. The molecule has 5 rings (SSSR count). The molecule has 7 heteroatoms. The minimum absolute atomic E-state index is 0.374. The smallest absolute Gasteiger partial charge is 0.319 e. The van der Waals surface area contributed by atoms with E-state index in [1.54, 1.807) is 16.2 Å². The number of thiophene rings is 1. The van der Waals surface area contributed by atoms with Crippen molar-refractivity contribution in [2.75, 3.05) is 42.6 Å². The van der Waals surface area contributed by atoms with Gasteiger partial charge in [0, 0.05) is 47.7 Å². The van der Waals surface area contributed by atoms with Crippen LogP contribution in [-0.4, -0.2) is 44.9 Å². The highest BCUT2D eigenvalue weighted by atomic mass is 32.1. The molecule has 1 aromatic heterocycles. The third-order valence-electron chi connectivity index (χ3n) is 7.27. The van der Waals surface area contributed by atoms with Gasteiger partial charge >= 0.3 is 6.03 Å². The maximum atomic E-state index is 12.2. The second-order valence-electron chi connectivity index (χ2n) is 9.60. The molecule has 2 aromatic carbocycles. The molecule has 2 aliphatic heterocycles. The van der Waals surface area contributed by atoms with Crippen molar-refractivity contribution in [1.29, 1.82) is 0 Å². The number of nitrogens with zero attached hydrogens (tertiary/aromatic N) is 2. The van der Waals surface area contributed by atoms with Gasteiger partial charge in [-0.05, 0) is 56.2 Å².